The van der Waals surface area contributed by atoms with E-state index in [0.717, 1.165) is 28.8 Å². The zero-order chi connectivity index (χ0) is 36.6. The summed E-state index contributed by atoms with van der Waals surface area (Å²) in [4.78, 5) is 43.6. The highest BCUT2D eigenvalue weighted by Gasteiger charge is 2.45. The van der Waals surface area contributed by atoms with Crippen molar-refractivity contribution in [3.05, 3.63) is 83.6 Å². The first kappa shape index (κ1) is 33.7. The molecule has 3 fully saturated rings. The molecular weight excluding hydrogens is 680 g/mol. The predicted molar refractivity (Wildman–Crippen MR) is 194 cm³/mol. The fourth-order valence-corrected chi connectivity index (χ4v) is 8.94. The lowest BCUT2D eigenvalue weighted by Crippen LogP contribution is -2.54. The van der Waals surface area contributed by atoms with Gasteiger partial charge in [0.2, 0.25) is 5.91 Å². The zero-order valence-corrected chi connectivity index (χ0v) is 29.7. The molecule has 5 aromatic rings. The monoisotopic (exact) mass is 721 g/mol. The summed E-state index contributed by atoms with van der Waals surface area (Å²) in [5.41, 5.74) is 5.38. The third-order valence-corrected chi connectivity index (χ3v) is 11.8. The Labute approximate surface area is 304 Å². The number of alkyl halides is 2. The molecule has 9 rings (SSSR count). The lowest BCUT2D eigenvalue weighted by atomic mass is 9.98. The summed E-state index contributed by atoms with van der Waals surface area (Å²) in [6, 6.07) is 15.8. The first-order chi connectivity index (χ1) is 25.6. The number of carbonyl (C=O) groups excluding carboxylic acids is 2. The van der Waals surface area contributed by atoms with Crippen molar-refractivity contribution in [1.29, 1.82) is 0 Å². The van der Waals surface area contributed by atoms with Crippen LogP contribution in [0.1, 0.15) is 73.9 Å². The van der Waals surface area contributed by atoms with Crippen LogP contribution in [0.4, 0.5) is 13.6 Å². The zero-order valence-electron chi connectivity index (χ0n) is 29.7. The van der Waals surface area contributed by atoms with Crippen LogP contribution in [0.5, 0.6) is 0 Å². The van der Waals surface area contributed by atoms with Crippen LogP contribution in [-0.4, -0.2) is 75.8 Å². The molecule has 4 N–H and O–H groups in total. The first-order valence-electron chi connectivity index (χ1n) is 18.3. The van der Waals surface area contributed by atoms with Crippen molar-refractivity contribution in [2.75, 3.05) is 20.8 Å². The number of hydrogen-bond donors (Lipinski definition) is 4. The van der Waals surface area contributed by atoms with Gasteiger partial charge >= 0.3 is 6.09 Å². The minimum Gasteiger partial charge on any atom is -0.453 e. The second kappa shape index (κ2) is 12.8. The molecule has 1 saturated carbocycles. The van der Waals surface area contributed by atoms with Crippen LogP contribution < -0.4 is 10.6 Å². The molecule has 4 heterocycles. The maximum Gasteiger partial charge on any atom is 0.407 e. The number of nitrogens with one attached hydrogen (secondary N) is 4. The molecule has 53 heavy (non-hydrogen) atoms. The van der Waals surface area contributed by atoms with Crippen LogP contribution in [0.15, 0.2) is 60.8 Å². The number of nitrogens with zero attached hydrogens (tertiary/aromatic N) is 3. The van der Waals surface area contributed by atoms with Crippen LogP contribution in [0.3, 0.4) is 0 Å². The summed E-state index contributed by atoms with van der Waals surface area (Å²) >= 11 is 0. The number of alkyl carbamates (subject to hydrolysis) is 1. The molecule has 0 spiro atoms. The number of aromatic nitrogens is 4. The van der Waals surface area contributed by atoms with Gasteiger partial charge in [-0.2, -0.15) is 8.78 Å². The van der Waals surface area contributed by atoms with Crippen molar-refractivity contribution < 1.29 is 27.8 Å². The van der Waals surface area contributed by atoms with Crippen molar-refractivity contribution >= 4 is 23.0 Å². The molecule has 13 heteroatoms. The number of aromatic amines is 2. The fraction of sp³-hybridized carbons (Fsp3) is 0.400. The molecule has 0 unspecified atom stereocenters. The van der Waals surface area contributed by atoms with Crippen molar-refractivity contribution in [3.8, 4) is 33.5 Å². The van der Waals surface area contributed by atoms with Gasteiger partial charge in [-0.25, -0.2) is 14.8 Å². The number of amides is 2. The molecule has 2 saturated heterocycles. The van der Waals surface area contributed by atoms with Gasteiger partial charge in [-0.3, -0.25) is 4.79 Å². The normalized spacial score (nSPS) is 23.6. The van der Waals surface area contributed by atoms with E-state index in [-0.39, 0.29) is 29.1 Å². The Morgan fingerprint density at radius 2 is 1.68 bits per heavy atom. The van der Waals surface area contributed by atoms with Gasteiger partial charge in [0.15, 0.2) is 0 Å². The molecule has 2 bridgehead atoms. The van der Waals surface area contributed by atoms with E-state index in [2.05, 4.69) is 25.6 Å². The van der Waals surface area contributed by atoms with E-state index in [0.29, 0.717) is 58.7 Å². The molecule has 2 aliphatic heterocycles. The third-order valence-electron chi connectivity index (χ3n) is 11.8. The minimum atomic E-state index is -3.22. The second-order valence-corrected chi connectivity index (χ2v) is 14.8. The number of carbonyl (C=O) groups is 2. The number of rotatable bonds is 8. The molecule has 4 aliphatic rings. The van der Waals surface area contributed by atoms with Crippen LogP contribution >= 0.6 is 0 Å². The Bertz CT molecular complexity index is 2250. The number of methoxy groups -OCH3 is 2. The Hall–Kier alpha value is -5.14. The lowest BCUT2D eigenvalue weighted by Gasteiger charge is -2.30. The summed E-state index contributed by atoms with van der Waals surface area (Å²) in [6.45, 7) is 2.17. The number of benzene rings is 3. The van der Waals surface area contributed by atoms with Gasteiger partial charge in [-0.05, 0) is 91.5 Å². The van der Waals surface area contributed by atoms with E-state index in [1.165, 1.54) is 39.5 Å². The highest BCUT2D eigenvalue weighted by atomic mass is 19.3. The van der Waals surface area contributed by atoms with Crippen molar-refractivity contribution in [2.24, 2.45) is 5.92 Å². The van der Waals surface area contributed by atoms with E-state index in [1.54, 1.807) is 36.2 Å². The second-order valence-electron chi connectivity index (χ2n) is 14.8. The van der Waals surface area contributed by atoms with Crippen LogP contribution in [-0.2, 0) is 20.2 Å². The number of hydrogen-bond acceptors (Lipinski definition) is 7. The van der Waals surface area contributed by atoms with Gasteiger partial charge < -0.3 is 35.0 Å². The number of ether oxygens (including phenoxy) is 2. The van der Waals surface area contributed by atoms with Gasteiger partial charge in [0.05, 0.1) is 48.2 Å². The molecule has 2 aromatic heterocycles. The highest BCUT2D eigenvalue weighted by Crippen LogP contribution is 2.53. The van der Waals surface area contributed by atoms with Crippen molar-refractivity contribution in [3.63, 3.8) is 0 Å². The number of likely N-dealkylation sites (tertiary alicyclic amines) is 1. The molecule has 274 valence electrons. The maximum atomic E-state index is 16.4. The van der Waals surface area contributed by atoms with E-state index in [4.69, 9.17) is 14.5 Å². The highest BCUT2D eigenvalue weighted by molar-refractivity contribution is 5.88. The van der Waals surface area contributed by atoms with Gasteiger partial charge in [0.1, 0.15) is 17.7 Å². The Morgan fingerprint density at radius 1 is 0.943 bits per heavy atom. The Balaban J connectivity index is 0.960. The number of fused-ring (bicyclic) bond motifs is 6. The van der Waals surface area contributed by atoms with E-state index in [9.17, 15) is 9.59 Å². The minimum absolute atomic E-state index is 0.0236. The fourth-order valence-electron chi connectivity index (χ4n) is 8.94. The smallest absolute Gasteiger partial charge is 0.407 e. The standard InChI is InChI=1S/C40H41F2N7O4/c1-20(52-2)34(48-39(51)53-3)38(50)49-14-4-5-33(49)36-43-19-32(47-36)23-8-12-27-26-11-7-21(16-28(26)40(41,42)29(27)17-23)22-9-13-30-31(18-22)46-37(45-30)35-24-6-10-25(15-24)44-35/h7-9,11-13,16-20,24-25,33-35,44H,4-6,10,14-15H2,1-3H3,(H,43,47)(H,45,46)(H,48,51)/t20-,24+,25-,33+,34+,35+/m1/s1. The van der Waals surface area contributed by atoms with Gasteiger partial charge in [-0.15, -0.1) is 0 Å². The average Bonchev–Trinajstić information content (AvgIpc) is 4.04. The third kappa shape index (κ3) is 5.59. The molecular formula is C40H41F2N7O4. The average molecular weight is 722 g/mol. The van der Waals surface area contributed by atoms with Crippen LogP contribution in [0.2, 0.25) is 0 Å². The number of imidazole rings is 2. The number of H-pyrrole nitrogens is 2. The summed E-state index contributed by atoms with van der Waals surface area (Å²) in [7, 11) is 2.70. The largest absolute Gasteiger partial charge is 0.453 e. The number of piperidine rings is 1. The summed E-state index contributed by atoms with van der Waals surface area (Å²) in [6.07, 6.45) is 5.30. The first-order valence-corrected chi connectivity index (χ1v) is 18.3. The van der Waals surface area contributed by atoms with E-state index in [1.807, 2.05) is 30.3 Å². The molecule has 6 atom stereocenters. The lowest BCUT2D eigenvalue weighted by molar-refractivity contribution is -0.137. The van der Waals surface area contributed by atoms with E-state index >= 15 is 8.78 Å². The summed E-state index contributed by atoms with van der Waals surface area (Å²) < 4.78 is 42.8. The summed E-state index contributed by atoms with van der Waals surface area (Å²) in [5.74, 6) is -1.44. The SMILES string of the molecule is COC(=O)N[C@H](C(=O)N1CCC[C@H]1c1ncc(-c2ccc3c(c2)C(F)(F)c2cc(-c4ccc5nc([C@H]6N[C@@H]7CC[C@H]6C7)[nH]c5c4)ccc2-3)[nH]1)[C@@H](C)OC. The Morgan fingerprint density at radius 3 is 2.40 bits per heavy atom. The van der Waals surface area contributed by atoms with Gasteiger partial charge in [0, 0.05) is 36.4 Å². The van der Waals surface area contributed by atoms with E-state index < -0.39 is 24.2 Å². The molecule has 11 nitrogen and oxygen atoms in total. The maximum absolute atomic E-state index is 16.4. The molecule has 3 aromatic carbocycles. The molecule has 0 radical (unpaired) electrons. The quantitative estimate of drug-likeness (QED) is 0.136. The predicted octanol–water partition coefficient (Wildman–Crippen LogP) is 6.98. The number of halogens is 2. The van der Waals surface area contributed by atoms with Gasteiger partial charge in [0.25, 0.3) is 5.92 Å². The molecule has 2 aliphatic carbocycles. The molecule has 2 amide bonds. The summed E-state index contributed by atoms with van der Waals surface area (Å²) in [5, 5.41) is 6.28. The van der Waals surface area contributed by atoms with Gasteiger partial charge in [-0.1, -0.05) is 30.3 Å². The Kier molecular flexibility index (Phi) is 8.11. The van der Waals surface area contributed by atoms with Crippen LogP contribution in [0.25, 0.3) is 44.5 Å². The topological polar surface area (TPSA) is 137 Å². The van der Waals surface area contributed by atoms with Crippen molar-refractivity contribution in [2.45, 2.75) is 75.2 Å². The van der Waals surface area contributed by atoms with Crippen molar-refractivity contribution in [1.82, 2.24) is 35.5 Å². The van der Waals surface area contributed by atoms with Crippen LogP contribution in [0, 0.1) is 5.92 Å².